The zero-order chi connectivity index (χ0) is 22.2. The van der Waals surface area contributed by atoms with Crippen molar-refractivity contribution in [1.29, 1.82) is 0 Å². The molecule has 0 spiro atoms. The lowest BCUT2D eigenvalue weighted by Crippen LogP contribution is -2.41. The van der Waals surface area contributed by atoms with Crippen LogP contribution in [0.15, 0.2) is 67.0 Å². The van der Waals surface area contributed by atoms with Gasteiger partial charge >= 0.3 is 0 Å². The minimum Gasteiger partial charge on any atom is -0.481 e. The van der Waals surface area contributed by atoms with E-state index in [-0.39, 0.29) is 17.9 Å². The zero-order valence-corrected chi connectivity index (χ0v) is 18.1. The van der Waals surface area contributed by atoms with Crippen molar-refractivity contribution < 1.29 is 14.3 Å². The monoisotopic (exact) mass is 420 g/mol. The van der Waals surface area contributed by atoms with Gasteiger partial charge in [-0.25, -0.2) is 4.98 Å². The Balaban J connectivity index is 1.71. The third-order valence-electron chi connectivity index (χ3n) is 5.31. The standard InChI is InChI=1S/C24H28N4O3/c1-27-15-7-10-21(27)23(29)26-14-12-20(16-18-8-5-4-6-9-18)28(2)24(30)19-11-13-25-22(17-19)31-3/h4-11,13,15,17,20H,12,14,16H2,1-3H3,(H,26,29)/t20-/m1/s1. The van der Waals surface area contributed by atoms with Gasteiger partial charge in [-0.3, -0.25) is 9.59 Å². The van der Waals surface area contributed by atoms with Crippen LogP contribution in [0.3, 0.4) is 0 Å². The van der Waals surface area contributed by atoms with E-state index in [1.807, 2.05) is 49.6 Å². The Bertz CT molecular complexity index is 1020. The summed E-state index contributed by atoms with van der Waals surface area (Å²) in [7, 11) is 5.15. The van der Waals surface area contributed by atoms with Gasteiger partial charge in [0.15, 0.2) is 0 Å². The van der Waals surface area contributed by atoms with E-state index in [1.165, 1.54) is 7.11 Å². The van der Waals surface area contributed by atoms with Crippen LogP contribution in [0.1, 0.15) is 32.8 Å². The number of pyridine rings is 1. The number of amides is 2. The number of methoxy groups -OCH3 is 1. The van der Waals surface area contributed by atoms with Crippen molar-refractivity contribution in [3.8, 4) is 5.88 Å². The molecule has 2 heterocycles. The molecule has 3 rings (SSSR count). The minimum atomic E-state index is -0.126. The maximum atomic E-state index is 13.1. The SMILES string of the molecule is COc1cc(C(=O)N(C)[C@H](CCNC(=O)c2cccn2C)Cc2ccccc2)ccn1. The van der Waals surface area contributed by atoms with Crippen molar-refractivity contribution in [3.63, 3.8) is 0 Å². The van der Waals surface area contributed by atoms with Crippen molar-refractivity contribution in [1.82, 2.24) is 19.8 Å². The Labute approximate surface area is 182 Å². The molecule has 0 aliphatic rings. The second-order valence-electron chi connectivity index (χ2n) is 7.40. The molecular formula is C24H28N4O3. The molecule has 0 fully saturated rings. The average molecular weight is 421 g/mol. The zero-order valence-electron chi connectivity index (χ0n) is 18.1. The maximum Gasteiger partial charge on any atom is 0.267 e. The number of ether oxygens (including phenoxy) is 1. The van der Waals surface area contributed by atoms with Gasteiger partial charge < -0.3 is 19.5 Å². The van der Waals surface area contributed by atoms with E-state index >= 15 is 0 Å². The minimum absolute atomic E-state index is 0.0947. The van der Waals surface area contributed by atoms with Gasteiger partial charge in [-0.1, -0.05) is 30.3 Å². The first-order valence-corrected chi connectivity index (χ1v) is 10.2. The summed E-state index contributed by atoms with van der Waals surface area (Å²) in [6, 6.07) is 16.9. The highest BCUT2D eigenvalue weighted by atomic mass is 16.5. The van der Waals surface area contributed by atoms with Crippen molar-refractivity contribution >= 4 is 11.8 Å². The van der Waals surface area contributed by atoms with Gasteiger partial charge in [-0.05, 0) is 36.6 Å². The van der Waals surface area contributed by atoms with E-state index in [0.29, 0.717) is 36.5 Å². The smallest absolute Gasteiger partial charge is 0.267 e. The molecule has 31 heavy (non-hydrogen) atoms. The first kappa shape index (κ1) is 22.1. The number of aryl methyl sites for hydroxylation is 1. The lowest BCUT2D eigenvalue weighted by Gasteiger charge is -2.29. The molecule has 0 bridgehead atoms. The maximum absolute atomic E-state index is 13.1. The van der Waals surface area contributed by atoms with Gasteiger partial charge in [0, 0.05) is 50.7 Å². The van der Waals surface area contributed by atoms with E-state index in [2.05, 4.69) is 10.3 Å². The molecule has 3 aromatic rings. The Kier molecular flexibility index (Phi) is 7.43. The van der Waals surface area contributed by atoms with Crippen LogP contribution in [0.2, 0.25) is 0 Å². The highest BCUT2D eigenvalue weighted by Crippen LogP contribution is 2.16. The van der Waals surface area contributed by atoms with Crippen molar-refractivity contribution in [2.45, 2.75) is 18.9 Å². The van der Waals surface area contributed by atoms with Crippen LogP contribution in [-0.4, -0.2) is 53.0 Å². The Morgan fingerprint density at radius 3 is 2.61 bits per heavy atom. The van der Waals surface area contributed by atoms with Crippen molar-refractivity contribution in [2.75, 3.05) is 20.7 Å². The third-order valence-corrected chi connectivity index (χ3v) is 5.31. The summed E-state index contributed by atoms with van der Waals surface area (Å²) in [6.07, 6.45) is 4.70. The van der Waals surface area contributed by atoms with Crippen LogP contribution in [0.25, 0.3) is 0 Å². The fourth-order valence-corrected chi connectivity index (χ4v) is 3.48. The van der Waals surface area contributed by atoms with Crippen LogP contribution >= 0.6 is 0 Å². The molecule has 1 aromatic carbocycles. The summed E-state index contributed by atoms with van der Waals surface area (Å²) in [5.74, 6) is 0.155. The van der Waals surface area contributed by atoms with E-state index in [1.54, 1.807) is 40.9 Å². The first-order valence-electron chi connectivity index (χ1n) is 10.2. The van der Waals surface area contributed by atoms with Gasteiger partial charge in [0.2, 0.25) is 5.88 Å². The molecule has 0 saturated carbocycles. The molecule has 0 radical (unpaired) electrons. The molecule has 0 saturated heterocycles. The summed E-state index contributed by atoms with van der Waals surface area (Å²) >= 11 is 0. The van der Waals surface area contributed by atoms with Crippen molar-refractivity contribution in [2.24, 2.45) is 7.05 Å². The number of hydrogen-bond acceptors (Lipinski definition) is 4. The molecule has 2 aromatic heterocycles. The molecule has 7 nitrogen and oxygen atoms in total. The molecule has 7 heteroatoms. The van der Waals surface area contributed by atoms with Crippen LogP contribution < -0.4 is 10.1 Å². The van der Waals surface area contributed by atoms with E-state index in [9.17, 15) is 9.59 Å². The third kappa shape index (κ3) is 5.72. The van der Waals surface area contributed by atoms with Gasteiger partial charge in [0.25, 0.3) is 11.8 Å². The van der Waals surface area contributed by atoms with E-state index in [0.717, 1.165) is 5.56 Å². The van der Waals surface area contributed by atoms with E-state index in [4.69, 9.17) is 4.74 Å². The lowest BCUT2D eigenvalue weighted by molar-refractivity contribution is 0.0722. The number of benzene rings is 1. The molecule has 162 valence electrons. The predicted octanol–water partition coefficient (Wildman–Crippen LogP) is 2.93. The largest absolute Gasteiger partial charge is 0.481 e. The summed E-state index contributed by atoms with van der Waals surface area (Å²) in [5.41, 5.74) is 2.25. The number of aromatic nitrogens is 2. The average Bonchev–Trinajstić information content (AvgIpc) is 3.24. The first-order chi connectivity index (χ1) is 15.0. The molecule has 0 aliphatic carbocycles. The number of hydrogen-bond donors (Lipinski definition) is 1. The molecule has 2 amide bonds. The molecular weight excluding hydrogens is 392 g/mol. The van der Waals surface area contributed by atoms with Gasteiger partial charge in [0.05, 0.1) is 7.11 Å². The highest BCUT2D eigenvalue weighted by molar-refractivity contribution is 5.94. The van der Waals surface area contributed by atoms with Crippen LogP contribution in [-0.2, 0) is 13.5 Å². The fourth-order valence-electron chi connectivity index (χ4n) is 3.48. The fraction of sp³-hybridized carbons (Fsp3) is 0.292. The second kappa shape index (κ2) is 10.4. The summed E-state index contributed by atoms with van der Waals surface area (Å²) < 4.78 is 6.93. The number of rotatable bonds is 9. The Morgan fingerprint density at radius 2 is 1.94 bits per heavy atom. The van der Waals surface area contributed by atoms with Crippen molar-refractivity contribution in [3.05, 3.63) is 83.8 Å². The summed E-state index contributed by atoms with van der Waals surface area (Å²) in [6.45, 7) is 0.457. The Morgan fingerprint density at radius 1 is 1.16 bits per heavy atom. The van der Waals surface area contributed by atoms with Gasteiger partial charge in [-0.15, -0.1) is 0 Å². The van der Waals surface area contributed by atoms with Gasteiger partial charge in [0.1, 0.15) is 5.69 Å². The quantitative estimate of drug-likeness (QED) is 0.578. The summed E-state index contributed by atoms with van der Waals surface area (Å²) in [5, 5.41) is 2.97. The molecule has 0 aliphatic heterocycles. The normalized spacial score (nSPS) is 11.6. The summed E-state index contributed by atoms with van der Waals surface area (Å²) in [4.78, 5) is 31.4. The lowest BCUT2D eigenvalue weighted by atomic mass is 10.0. The van der Waals surface area contributed by atoms with Crippen LogP contribution in [0.5, 0.6) is 5.88 Å². The number of nitrogens with one attached hydrogen (secondary N) is 1. The number of nitrogens with zero attached hydrogens (tertiary/aromatic N) is 3. The highest BCUT2D eigenvalue weighted by Gasteiger charge is 2.22. The van der Waals surface area contributed by atoms with Gasteiger partial charge in [-0.2, -0.15) is 0 Å². The van der Waals surface area contributed by atoms with Crippen LogP contribution in [0, 0.1) is 0 Å². The van der Waals surface area contributed by atoms with E-state index < -0.39 is 0 Å². The topological polar surface area (TPSA) is 76.5 Å². The predicted molar refractivity (Wildman–Crippen MR) is 119 cm³/mol. The number of carbonyl (C=O) groups is 2. The molecule has 0 unspecified atom stereocenters. The second-order valence-corrected chi connectivity index (χ2v) is 7.40. The molecule has 1 atom stereocenters. The number of carbonyl (C=O) groups excluding carboxylic acids is 2. The molecule has 1 N–H and O–H groups in total. The van der Waals surface area contributed by atoms with Crippen LogP contribution in [0.4, 0.5) is 0 Å². The number of likely N-dealkylation sites (N-methyl/N-ethyl adjacent to an activating group) is 1. The Hall–Kier alpha value is -3.61.